The number of anilines is 2. The maximum absolute atomic E-state index is 12.9. The van der Waals surface area contributed by atoms with Crippen LogP contribution in [0, 0.1) is 0 Å². The molecule has 0 radical (unpaired) electrons. The van der Waals surface area contributed by atoms with Gasteiger partial charge in [0.15, 0.2) is 0 Å². The summed E-state index contributed by atoms with van der Waals surface area (Å²) in [4.78, 5) is 20.6. The smallest absolute Gasteiger partial charge is 0.261 e. The number of H-pyrrole nitrogens is 1. The molecule has 2 aromatic carbocycles. The monoisotopic (exact) mass is 450 g/mol. The second-order valence-corrected chi connectivity index (χ2v) is 7.87. The van der Waals surface area contributed by atoms with Gasteiger partial charge in [0, 0.05) is 18.3 Å². The van der Waals surface area contributed by atoms with Gasteiger partial charge in [-0.1, -0.05) is 38.8 Å². The van der Waals surface area contributed by atoms with Crippen LogP contribution in [0.2, 0.25) is 0 Å². The minimum absolute atomic E-state index is 0.236. The lowest BCUT2D eigenvalue weighted by Gasteiger charge is -2.24. The van der Waals surface area contributed by atoms with Crippen LogP contribution < -0.4 is 26.3 Å². The number of hydrogen-bond donors (Lipinski definition) is 4. The van der Waals surface area contributed by atoms with Gasteiger partial charge in [0.1, 0.15) is 22.5 Å². The quantitative estimate of drug-likeness (QED) is 0.280. The molecule has 5 rings (SSSR count). The summed E-state index contributed by atoms with van der Waals surface area (Å²) in [7, 11) is 1.90. The van der Waals surface area contributed by atoms with Crippen LogP contribution in [-0.2, 0) is 12.8 Å². The number of aromatic nitrogens is 3. The Kier molecular flexibility index (Phi) is 5.86. The number of pyridine rings is 1. The zero-order valence-corrected chi connectivity index (χ0v) is 19.1. The highest BCUT2D eigenvalue weighted by molar-refractivity contribution is 7.81. The van der Waals surface area contributed by atoms with Crippen molar-refractivity contribution in [1.29, 1.82) is 0 Å². The maximum atomic E-state index is 12.9. The number of nitrogens with two attached hydrogens (primary N) is 2. The van der Waals surface area contributed by atoms with E-state index in [1.54, 1.807) is 33.3 Å². The van der Waals surface area contributed by atoms with E-state index in [0.29, 0.717) is 28.8 Å². The van der Waals surface area contributed by atoms with Crippen molar-refractivity contribution >= 4 is 35.2 Å². The van der Waals surface area contributed by atoms with Gasteiger partial charge in [0.2, 0.25) is 0 Å². The Morgan fingerprint density at radius 1 is 1.16 bits per heavy atom. The minimum Gasteiger partial charge on any atom is -0.412 e. The minimum atomic E-state index is -0.236. The molecule has 5 N–H and O–H groups in total. The largest absolute Gasteiger partial charge is 0.412 e. The Balaban J connectivity index is 0.00000119. The summed E-state index contributed by atoms with van der Waals surface area (Å²) < 4.78 is 3.38. The average molecular weight is 451 g/mol. The van der Waals surface area contributed by atoms with E-state index in [9.17, 15) is 4.79 Å². The van der Waals surface area contributed by atoms with E-state index in [-0.39, 0.29) is 11.4 Å². The molecule has 9 heteroatoms. The molecular weight excluding hydrogens is 424 g/mol. The van der Waals surface area contributed by atoms with E-state index in [1.165, 1.54) is 5.56 Å². The number of nitrogens with zero attached hydrogens (tertiary/aromatic N) is 3. The summed E-state index contributed by atoms with van der Waals surface area (Å²) in [5.41, 5.74) is 12.5. The number of fused-ring (bicyclic) bond motifs is 5. The van der Waals surface area contributed by atoms with Crippen LogP contribution in [0.5, 0.6) is 5.75 Å². The SMILES string of the molecule is CC.CN(S)c1cccc2c1CCc1[nH]c(=O)c3c(N)n(-c4ccc(ON)cc4)nc3c1-2. The number of aryl methyl sites for hydroxylation is 1. The van der Waals surface area contributed by atoms with Crippen LogP contribution in [0.4, 0.5) is 11.5 Å². The zero-order chi connectivity index (χ0) is 23.0. The molecule has 4 aromatic rings. The first-order valence-electron chi connectivity index (χ1n) is 10.4. The Labute approximate surface area is 191 Å². The van der Waals surface area contributed by atoms with E-state index in [2.05, 4.69) is 23.9 Å². The standard InChI is InChI=1S/C21H20N6O2S.C2H6/c1-26(30)16-4-2-3-14-13(16)9-10-15-17(14)19-18(21(28)24-15)20(22)27(25-19)11-5-7-12(29-23)8-6-11;1-2/h2-8,30H,9-10,22-23H2,1H3,(H,24,28);1-2H3. The molecule has 0 unspecified atom stereocenters. The Morgan fingerprint density at radius 3 is 2.53 bits per heavy atom. The van der Waals surface area contributed by atoms with Crippen LogP contribution in [0.25, 0.3) is 27.7 Å². The molecule has 0 bridgehead atoms. The number of aromatic amines is 1. The van der Waals surface area contributed by atoms with Crippen LogP contribution in [0.1, 0.15) is 25.1 Å². The fraction of sp³-hybridized carbons (Fsp3) is 0.217. The van der Waals surface area contributed by atoms with Gasteiger partial charge >= 0.3 is 0 Å². The Morgan fingerprint density at radius 2 is 1.88 bits per heavy atom. The number of nitrogen functional groups attached to an aromatic ring is 1. The molecule has 1 aliphatic carbocycles. The summed E-state index contributed by atoms with van der Waals surface area (Å²) >= 11 is 4.48. The van der Waals surface area contributed by atoms with E-state index < -0.39 is 0 Å². The molecule has 0 amide bonds. The number of hydrogen-bond acceptors (Lipinski definition) is 7. The topological polar surface area (TPSA) is 115 Å². The number of rotatable bonds is 3. The van der Waals surface area contributed by atoms with E-state index >= 15 is 0 Å². The lowest BCUT2D eigenvalue weighted by molar-refractivity contribution is 0.334. The lowest BCUT2D eigenvalue weighted by atomic mass is 9.86. The molecule has 2 aromatic heterocycles. The van der Waals surface area contributed by atoms with Crippen LogP contribution >= 0.6 is 12.8 Å². The van der Waals surface area contributed by atoms with Gasteiger partial charge in [-0.15, -0.1) is 0 Å². The summed E-state index contributed by atoms with van der Waals surface area (Å²) in [6.45, 7) is 4.00. The van der Waals surface area contributed by atoms with Crippen molar-refractivity contribution in [2.75, 3.05) is 17.1 Å². The van der Waals surface area contributed by atoms with Crippen LogP contribution in [0.15, 0.2) is 47.3 Å². The summed E-state index contributed by atoms with van der Waals surface area (Å²) in [6.07, 6.45) is 1.52. The van der Waals surface area contributed by atoms with E-state index in [0.717, 1.165) is 28.9 Å². The van der Waals surface area contributed by atoms with Crippen molar-refractivity contribution in [2.45, 2.75) is 26.7 Å². The number of nitrogens with one attached hydrogen (secondary N) is 1. The van der Waals surface area contributed by atoms with Gasteiger partial charge in [0.05, 0.1) is 11.4 Å². The van der Waals surface area contributed by atoms with Crippen molar-refractivity contribution in [3.8, 4) is 22.6 Å². The zero-order valence-electron chi connectivity index (χ0n) is 18.2. The highest BCUT2D eigenvalue weighted by Crippen LogP contribution is 2.41. The van der Waals surface area contributed by atoms with Crippen molar-refractivity contribution in [3.63, 3.8) is 0 Å². The van der Waals surface area contributed by atoms with Crippen molar-refractivity contribution in [1.82, 2.24) is 14.8 Å². The molecule has 0 fully saturated rings. The van der Waals surface area contributed by atoms with Gasteiger partial charge in [0.25, 0.3) is 5.56 Å². The molecule has 166 valence electrons. The third-order valence-corrected chi connectivity index (χ3v) is 5.78. The number of benzene rings is 2. The van der Waals surface area contributed by atoms with E-state index in [1.807, 2.05) is 33.0 Å². The summed E-state index contributed by atoms with van der Waals surface area (Å²) in [5.74, 6) is 6.00. The Bertz CT molecular complexity index is 1340. The highest BCUT2D eigenvalue weighted by atomic mass is 32.1. The summed E-state index contributed by atoms with van der Waals surface area (Å²) in [5, 5.41) is 5.13. The fourth-order valence-corrected chi connectivity index (χ4v) is 4.39. The molecule has 32 heavy (non-hydrogen) atoms. The van der Waals surface area contributed by atoms with Crippen LogP contribution in [-0.4, -0.2) is 21.8 Å². The predicted octanol–water partition coefficient (Wildman–Crippen LogP) is 3.62. The van der Waals surface area contributed by atoms with E-state index in [4.69, 9.17) is 21.6 Å². The van der Waals surface area contributed by atoms with Crippen molar-refractivity contribution in [3.05, 3.63) is 64.1 Å². The second-order valence-electron chi connectivity index (χ2n) is 7.27. The molecule has 0 saturated carbocycles. The van der Waals surface area contributed by atoms with Gasteiger partial charge in [-0.3, -0.25) is 4.79 Å². The van der Waals surface area contributed by atoms with Crippen molar-refractivity contribution in [2.24, 2.45) is 5.90 Å². The molecule has 1 aliphatic rings. The molecule has 0 spiro atoms. The molecule has 2 heterocycles. The molecule has 8 nitrogen and oxygen atoms in total. The molecular formula is C23H26N6O2S. The average Bonchev–Trinajstić information content (AvgIpc) is 3.17. The fourth-order valence-electron chi connectivity index (χ4n) is 4.20. The van der Waals surface area contributed by atoms with Gasteiger partial charge in [-0.2, -0.15) is 11.0 Å². The van der Waals surface area contributed by atoms with Crippen molar-refractivity contribution < 1.29 is 4.84 Å². The first kappa shape index (κ1) is 21.8. The highest BCUT2D eigenvalue weighted by Gasteiger charge is 2.26. The van der Waals surface area contributed by atoms with Gasteiger partial charge in [-0.25, -0.2) is 4.68 Å². The Hall–Kier alpha value is -3.43. The van der Waals surface area contributed by atoms with Crippen LogP contribution in [0.3, 0.4) is 0 Å². The number of thiol groups is 1. The summed E-state index contributed by atoms with van der Waals surface area (Å²) in [6, 6.07) is 13.1. The maximum Gasteiger partial charge on any atom is 0.261 e. The first-order chi connectivity index (χ1) is 15.5. The van der Waals surface area contributed by atoms with Gasteiger partial charge in [-0.05, 0) is 54.3 Å². The first-order valence-corrected chi connectivity index (χ1v) is 10.8. The molecule has 0 aliphatic heterocycles. The predicted molar refractivity (Wildman–Crippen MR) is 132 cm³/mol. The molecule has 0 saturated heterocycles. The lowest BCUT2D eigenvalue weighted by Crippen LogP contribution is -2.17. The van der Waals surface area contributed by atoms with Gasteiger partial charge < -0.3 is 19.9 Å². The third kappa shape index (κ3) is 3.39. The third-order valence-electron chi connectivity index (χ3n) is 5.56. The molecule has 0 atom stereocenters. The second kappa shape index (κ2) is 8.60. The normalized spacial score (nSPS) is 11.9.